The second-order valence-electron chi connectivity index (χ2n) is 6.19. The molecule has 0 aliphatic rings. The summed E-state index contributed by atoms with van der Waals surface area (Å²) in [5.41, 5.74) is 2.50. The van der Waals surface area contributed by atoms with Gasteiger partial charge in [-0.05, 0) is 58.5 Å². The smallest absolute Gasteiger partial charge is 0.403 e. The van der Waals surface area contributed by atoms with Crippen molar-refractivity contribution in [1.82, 2.24) is 0 Å². The molecule has 0 aliphatic carbocycles. The highest BCUT2D eigenvalue weighted by molar-refractivity contribution is 5.88. The molecule has 3 aromatic rings. The van der Waals surface area contributed by atoms with Gasteiger partial charge in [-0.3, -0.25) is 0 Å². The maximum atomic E-state index is 13.9. The molecule has 26 heavy (non-hydrogen) atoms. The standard InChI is InChI=1S/C21H18F4O/c1-2-3-4-14-5-6-16-12-17(8-7-15(16)11-14)18-9-10-20(19(22)13-18)26-21(23,24)25/h5-13H,2-4H2,1H3. The molecule has 0 atom stereocenters. The summed E-state index contributed by atoms with van der Waals surface area (Å²) in [4.78, 5) is 0. The van der Waals surface area contributed by atoms with Gasteiger partial charge in [0.15, 0.2) is 11.6 Å². The van der Waals surface area contributed by atoms with E-state index in [1.165, 1.54) is 11.6 Å². The summed E-state index contributed by atoms with van der Waals surface area (Å²) >= 11 is 0. The average molecular weight is 362 g/mol. The third-order valence-corrected chi connectivity index (χ3v) is 4.21. The lowest BCUT2D eigenvalue weighted by atomic mass is 9.98. The zero-order chi connectivity index (χ0) is 18.7. The van der Waals surface area contributed by atoms with Gasteiger partial charge in [0.25, 0.3) is 0 Å². The molecule has 0 radical (unpaired) electrons. The summed E-state index contributed by atoms with van der Waals surface area (Å²) in [6.45, 7) is 2.15. The maximum Gasteiger partial charge on any atom is 0.573 e. The zero-order valence-electron chi connectivity index (χ0n) is 14.2. The van der Waals surface area contributed by atoms with Crippen LogP contribution in [0.1, 0.15) is 25.3 Å². The molecular weight excluding hydrogens is 344 g/mol. The number of halogens is 4. The summed E-state index contributed by atoms with van der Waals surface area (Å²) < 4.78 is 54.3. The van der Waals surface area contributed by atoms with E-state index < -0.39 is 17.9 Å². The van der Waals surface area contributed by atoms with Crippen LogP contribution in [0, 0.1) is 5.82 Å². The number of unbranched alkanes of at least 4 members (excludes halogenated alkanes) is 1. The van der Waals surface area contributed by atoms with Crippen LogP contribution in [0.5, 0.6) is 5.75 Å². The fourth-order valence-electron chi connectivity index (χ4n) is 2.90. The minimum atomic E-state index is -4.92. The number of benzene rings is 3. The van der Waals surface area contributed by atoms with Crippen molar-refractivity contribution >= 4 is 10.8 Å². The fourth-order valence-corrected chi connectivity index (χ4v) is 2.90. The first-order chi connectivity index (χ1) is 12.4. The van der Waals surface area contributed by atoms with E-state index in [1.54, 1.807) is 0 Å². The number of aryl methyl sites for hydroxylation is 1. The van der Waals surface area contributed by atoms with Gasteiger partial charge < -0.3 is 4.74 Å². The van der Waals surface area contributed by atoms with E-state index in [0.717, 1.165) is 47.7 Å². The Hall–Kier alpha value is -2.56. The molecule has 0 amide bonds. The van der Waals surface area contributed by atoms with E-state index in [2.05, 4.69) is 23.8 Å². The third kappa shape index (κ3) is 4.34. The molecule has 0 saturated carbocycles. The first kappa shape index (κ1) is 18.2. The van der Waals surface area contributed by atoms with Gasteiger partial charge in [-0.15, -0.1) is 13.2 Å². The van der Waals surface area contributed by atoms with Crippen molar-refractivity contribution in [2.75, 3.05) is 0 Å². The minimum absolute atomic E-state index is 0.494. The first-order valence-corrected chi connectivity index (χ1v) is 8.44. The van der Waals surface area contributed by atoms with Gasteiger partial charge in [-0.1, -0.05) is 49.7 Å². The molecule has 0 heterocycles. The quantitative estimate of drug-likeness (QED) is 0.449. The molecule has 0 fully saturated rings. The Morgan fingerprint density at radius 1 is 0.846 bits per heavy atom. The van der Waals surface area contributed by atoms with Gasteiger partial charge >= 0.3 is 6.36 Å². The third-order valence-electron chi connectivity index (χ3n) is 4.21. The highest BCUT2D eigenvalue weighted by atomic mass is 19.4. The molecule has 1 nitrogen and oxygen atoms in total. The van der Waals surface area contributed by atoms with Crippen molar-refractivity contribution in [1.29, 1.82) is 0 Å². The molecule has 136 valence electrons. The Balaban J connectivity index is 1.89. The van der Waals surface area contributed by atoms with Crippen LogP contribution >= 0.6 is 0 Å². The molecule has 0 spiro atoms. The van der Waals surface area contributed by atoms with Gasteiger partial charge in [0, 0.05) is 0 Å². The van der Waals surface area contributed by atoms with Crippen LogP contribution in [0.25, 0.3) is 21.9 Å². The Labute approximate surface area is 149 Å². The molecule has 3 aromatic carbocycles. The lowest BCUT2D eigenvalue weighted by Gasteiger charge is -2.11. The van der Waals surface area contributed by atoms with Crippen molar-refractivity contribution in [2.45, 2.75) is 32.5 Å². The summed E-state index contributed by atoms with van der Waals surface area (Å²) in [6, 6.07) is 15.4. The zero-order valence-corrected chi connectivity index (χ0v) is 14.2. The van der Waals surface area contributed by atoms with Gasteiger partial charge in [0.2, 0.25) is 0 Å². The number of hydrogen-bond donors (Lipinski definition) is 0. The van der Waals surface area contributed by atoms with Gasteiger partial charge in [0.1, 0.15) is 0 Å². The van der Waals surface area contributed by atoms with E-state index >= 15 is 0 Å². The Kier molecular flexibility index (Phi) is 5.16. The summed E-state index contributed by atoms with van der Waals surface area (Å²) in [5.74, 6) is -1.88. The van der Waals surface area contributed by atoms with Crippen molar-refractivity contribution in [3.05, 3.63) is 66.0 Å². The molecule has 0 aliphatic heterocycles. The lowest BCUT2D eigenvalue weighted by molar-refractivity contribution is -0.275. The van der Waals surface area contributed by atoms with Crippen LogP contribution in [-0.2, 0) is 6.42 Å². The second kappa shape index (κ2) is 7.36. The fraction of sp³-hybridized carbons (Fsp3) is 0.238. The largest absolute Gasteiger partial charge is 0.573 e. The molecule has 0 unspecified atom stereocenters. The van der Waals surface area contributed by atoms with Gasteiger partial charge in [0.05, 0.1) is 0 Å². The van der Waals surface area contributed by atoms with Crippen LogP contribution in [0.2, 0.25) is 0 Å². The first-order valence-electron chi connectivity index (χ1n) is 8.44. The van der Waals surface area contributed by atoms with Crippen molar-refractivity contribution in [3.8, 4) is 16.9 Å². The molecule has 0 N–H and O–H groups in total. The maximum absolute atomic E-state index is 13.9. The predicted octanol–water partition coefficient (Wildman–Crippen LogP) is 6.89. The highest BCUT2D eigenvalue weighted by Crippen LogP contribution is 2.31. The van der Waals surface area contributed by atoms with Crippen LogP contribution in [0.15, 0.2) is 54.6 Å². The molecule has 3 rings (SSSR count). The topological polar surface area (TPSA) is 9.23 Å². The van der Waals surface area contributed by atoms with E-state index in [0.29, 0.717) is 5.56 Å². The van der Waals surface area contributed by atoms with E-state index in [4.69, 9.17) is 0 Å². The van der Waals surface area contributed by atoms with Crippen LogP contribution in [-0.4, -0.2) is 6.36 Å². The van der Waals surface area contributed by atoms with E-state index in [-0.39, 0.29) is 0 Å². The minimum Gasteiger partial charge on any atom is -0.403 e. The predicted molar refractivity (Wildman–Crippen MR) is 94.6 cm³/mol. The Bertz CT molecular complexity index is 916. The average Bonchev–Trinajstić information content (AvgIpc) is 2.60. The Morgan fingerprint density at radius 2 is 1.50 bits per heavy atom. The number of hydrogen-bond acceptors (Lipinski definition) is 1. The molecule has 0 saturated heterocycles. The summed E-state index contributed by atoms with van der Waals surface area (Å²) in [7, 11) is 0. The summed E-state index contributed by atoms with van der Waals surface area (Å²) in [6.07, 6.45) is -1.62. The Morgan fingerprint density at radius 3 is 2.19 bits per heavy atom. The van der Waals surface area contributed by atoms with E-state index in [9.17, 15) is 17.6 Å². The summed E-state index contributed by atoms with van der Waals surface area (Å²) in [5, 5.41) is 2.08. The second-order valence-corrected chi connectivity index (χ2v) is 6.19. The monoisotopic (exact) mass is 362 g/mol. The van der Waals surface area contributed by atoms with Crippen molar-refractivity contribution in [2.24, 2.45) is 0 Å². The number of ether oxygens (including phenoxy) is 1. The highest BCUT2D eigenvalue weighted by Gasteiger charge is 2.32. The molecule has 5 heteroatoms. The SMILES string of the molecule is CCCCc1ccc2cc(-c3ccc(OC(F)(F)F)c(F)c3)ccc2c1. The molecular formula is C21H18F4O. The number of rotatable bonds is 5. The van der Waals surface area contributed by atoms with Crippen LogP contribution in [0.4, 0.5) is 17.6 Å². The lowest BCUT2D eigenvalue weighted by Crippen LogP contribution is -2.17. The molecule has 0 bridgehead atoms. The normalized spacial score (nSPS) is 11.7. The number of fused-ring (bicyclic) bond motifs is 1. The van der Waals surface area contributed by atoms with Gasteiger partial charge in [-0.2, -0.15) is 0 Å². The van der Waals surface area contributed by atoms with Crippen LogP contribution < -0.4 is 4.74 Å². The van der Waals surface area contributed by atoms with E-state index in [1.807, 2.05) is 24.3 Å². The molecule has 0 aromatic heterocycles. The number of alkyl halides is 3. The van der Waals surface area contributed by atoms with Gasteiger partial charge in [-0.25, -0.2) is 4.39 Å². The van der Waals surface area contributed by atoms with Crippen LogP contribution in [0.3, 0.4) is 0 Å². The van der Waals surface area contributed by atoms with Crippen molar-refractivity contribution < 1.29 is 22.3 Å². The van der Waals surface area contributed by atoms with Crippen molar-refractivity contribution in [3.63, 3.8) is 0 Å².